The van der Waals surface area contributed by atoms with E-state index in [0.29, 0.717) is 0 Å². The molecule has 0 amide bonds. The van der Waals surface area contributed by atoms with Gasteiger partial charge in [0.2, 0.25) is 0 Å². The standard InChI is InChI=1S/C54H38N4O/c1-31-12-9-13-32(2)50(31)35-22-25-40-38-26-23-36(29-43(38)53-55-45-18-5-7-20-47(45)57(53)49(40)28-35)59-37-24-27-39-41-16-11-17-42(51-33(3)14-10-15-34(51)4)52(41)58-48-21-8-6-19-46(48)56-54(58)44(39)30-37/h5-30H,1-4H3. The average molecular weight is 759 g/mol. The number of hydrogen-bond acceptors (Lipinski definition) is 3. The number of aryl methyl sites for hydroxylation is 4. The van der Waals surface area contributed by atoms with Gasteiger partial charge in [-0.2, -0.15) is 0 Å². The molecule has 0 saturated carbocycles. The minimum absolute atomic E-state index is 0.750. The molecule has 5 heteroatoms. The summed E-state index contributed by atoms with van der Waals surface area (Å²) < 4.78 is 11.5. The van der Waals surface area contributed by atoms with Gasteiger partial charge in [0, 0.05) is 27.1 Å². The third-order valence-electron chi connectivity index (χ3n) is 12.4. The highest BCUT2D eigenvalue weighted by Crippen LogP contribution is 2.42. The van der Waals surface area contributed by atoms with Crippen LogP contribution in [0.2, 0.25) is 0 Å². The van der Waals surface area contributed by atoms with Gasteiger partial charge in [0.15, 0.2) is 0 Å². The summed E-state index contributed by atoms with van der Waals surface area (Å²) in [4.78, 5) is 10.5. The lowest BCUT2D eigenvalue weighted by Gasteiger charge is -2.17. The number of benzene rings is 8. The Morgan fingerprint density at radius 2 is 0.915 bits per heavy atom. The van der Waals surface area contributed by atoms with Crippen LogP contribution in [0.3, 0.4) is 0 Å². The van der Waals surface area contributed by atoms with Gasteiger partial charge in [-0.1, -0.05) is 91.0 Å². The molecule has 0 aliphatic rings. The molecule has 0 N–H and O–H groups in total. The number of imidazole rings is 2. The van der Waals surface area contributed by atoms with E-state index >= 15 is 0 Å². The van der Waals surface area contributed by atoms with Gasteiger partial charge >= 0.3 is 0 Å². The molecule has 4 heterocycles. The van der Waals surface area contributed by atoms with Crippen molar-refractivity contribution in [3.8, 4) is 33.8 Å². The molecule has 0 saturated heterocycles. The van der Waals surface area contributed by atoms with Crippen LogP contribution < -0.4 is 4.74 Å². The van der Waals surface area contributed by atoms with Crippen LogP contribution in [0.15, 0.2) is 158 Å². The van der Waals surface area contributed by atoms with Gasteiger partial charge in [-0.05, 0) is 144 Å². The van der Waals surface area contributed by atoms with Crippen LogP contribution >= 0.6 is 0 Å². The van der Waals surface area contributed by atoms with Crippen molar-refractivity contribution in [1.29, 1.82) is 0 Å². The lowest BCUT2D eigenvalue weighted by Crippen LogP contribution is -1.97. The summed E-state index contributed by atoms with van der Waals surface area (Å²) >= 11 is 0. The number of para-hydroxylation sites is 5. The van der Waals surface area contributed by atoms with E-state index in [1.54, 1.807) is 0 Å². The molecule has 0 radical (unpaired) electrons. The van der Waals surface area contributed by atoms with E-state index in [9.17, 15) is 0 Å². The van der Waals surface area contributed by atoms with Crippen molar-refractivity contribution in [3.05, 3.63) is 180 Å². The Hall–Kier alpha value is -7.50. The van der Waals surface area contributed by atoms with Crippen LogP contribution in [-0.4, -0.2) is 18.8 Å². The normalized spacial score (nSPS) is 12.1. The van der Waals surface area contributed by atoms with E-state index in [1.807, 2.05) is 0 Å². The lowest BCUT2D eigenvalue weighted by molar-refractivity contribution is 0.484. The lowest BCUT2D eigenvalue weighted by atomic mass is 9.92. The van der Waals surface area contributed by atoms with Crippen molar-refractivity contribution in [2.45, 2.75) is 27.7 Å². The molecule has 59 heavy (non-hydrogen) atoms. The molecule has 12 aromatic rings. The van der Waals surface area contributed by atoms with E-state index in [-0.39, 0.29) is 0 Å². The summed E-state index contributed by atoms with van der Waals surface area (Å²) in [5.41, 5.74) is 18.2. The maximum atomic E-state index is 6.82. The van der Waals surface area contributed by atoms with Crippen molar-refractivity contribution in [3.63, 3.8) is 0 Å². The van der Waals surface area contributed by atoms with E-state index in [4.69, 9.17) is 14.7 Å². The van der Waals surface area contributed by atoms with Crippen molar-refractivity contribution >= 4 is 76.7 Å². The summed E-state index contributed by atoms with van der Waals surface area (Å²) in [5, 5.41) is 6.70. The maximum absolute atomic E-state index is 6.82. The Morgan fingerprint density at radius 3 is 1.56 bits per heavy atom. The Balaban J connectivity index is 1.06. The van der Waals surface area contributed by atoms with Crippen LogP contribution in [-0.2, 0) is 0 Å². The second-order valence-electron chi connectivity index (χ2n) is 16.0. The highest BCUT2D eigenvalue weighted by Gasteiger charge is 2.20. The first kappa shape index (κ1) is 33.6. The zero-order chi connectivity index (χ0) is 39.5. The fourth-order valence-electron chi connectivity index (χ4n) is 9.85. The van der Waals surface area contributed by atoms with E-state index in [1.165, 1.54) is 55.3 Å². The largest absolute Gasteiger partial charge is 0.457 e. The third kappa shape index (κ3) is 4.91. The average Bonchev–Trinajstić information content (AvgIpc) is 3.84. The first-order valence-electron chi connectivity index (χ1n) is 20.2. The molecule has 0 aliphatic heterocycles. The molecule has 12 rings (SSSR count). The van der Waals surface area contributed by atoms with Gasteiger partial charge in [-0.15, -0.1) is 0 Å². The van der Waals surface area contributed by atoms with Gasteiger partial charge < -0.3 is 4.74 Å². The molecule has 0 atom stereocenters. The van der Waals surface area contributed by atoms with Gasteiger partial charge in [0.1, 0.15) is 22.8 Å². The van der Waals surface area contributed by atoms with Crippen molar-refractivity contribution in [1.82, 2.24) is 18.8 Å². The van der Waals surface area contributed by atoms with Crippen LogP contribution in [0.1, 0.15) is 22.3 Å². The Labute approximate surface area is 340 Å². The molecule has 0 aliphatic carbocycles. The Morgan fingerprint density at radius 1 is 0.390 bits per heavy atom. The highest BCUT2D eigenvalue weighted by atomic mass is 16.5. The van der Waals surface area contributed by atoms with Crippen molar-refractivity contribution in [2.24, 2.45) is 0 Å². The van der Waals surface area contributed by atoms with E-state index < -0.39 is 0 Å². The zero-order valence-electron chi connectivity index (χ0n) is 33.2. The number of pyridine rings is 2. The Bertz CT molecular complexity index is 3720. The Kier molecular flexibility index (Phi) is 7.12. The minimum atomic E-state index is 0.750. The molecule has 0 bridgehead atoms. The van der Waals surface area contributed by atoms with E-state index in [2.05, 4.69) is 194 Å². The van der Waals surface area contributed by atoms with Crippen LogP contribution in [0.4, 0.5) is 0 Å². The van der Waals surface area contributed by atoms with Crippen LogP contribution in [0, 0.1) is 27.7 Å². The second-order valence-corrected chi connectivity index (χ2v) is 16.0. The second kappa shape index (κ2) is 12.5. The molecule has 4 aromatic heterocycles. The molecular weight excluding hydrogens is 721 g/mol. The number of fused-ring (bicyclic) bond motifs is 16. The van der Waals surface area contributed by atoms with Gasteiger partial charge in [-0.25, -0.2) is 9.97 Å². The predicted octanol–water partition coefficient (Wildman–Crippen LogP) is 14.3. The number of ether oxygens (including phenoxy) is 1. The smallest absolute Gasteiger partial charge is 0.146 e. The quantitative estimate of drug-likeness (QED) is 0.168. The van der Waals surface area contributed by atoms with Gasteiger partial charge in [0.05, 0.1) is 33.1 Å². The summed E-state index contributed by atoms with van der Waals surface area (Å²) in [5.74, 6) is 1.50. The van der Waals surface area contributed by atoms with Crippen molar-refractivity contribution < 1.29 is 4.74 Å². The monoisotopic (exact) mass is 758 g/mol. The summed E-state index contributed by atoms with van der Waals surface area (Å²) in [6.45, 7) is 8.79. The fourth-order valence-corrected chi connectivity index (χ4v) is 9.85. The zero-order valence-corrected chi connectivity index (χ0v) is 33.2. The molecule has 280 valence electrons. The first-order chi connectivity index (χ1) is 28.9. The predicted molar refractivity (Wildman–Crippen MR) is 245 cm³/mol. The van der Waals surface area contributed by atoms with Crippen LogP contribution in [0.25, 0.3) is 99.0 Å². The molecular formula is C54H38N4O. The molecule has 0 spiro atoms. The summed E-state index contributed by atoms with van der Waals surface area (Å²) in [7, 11) is 0. The summed E-state index contributed by atoms with van der Waals surface area (Å²) in [6.07, 6.45) is 0. The van der Waals surface area contributed by atoms with Gasteiger partial charge in [0.25, 0.3) is 0 Å². The maximum Gasteiger partial charge on any atom is 0.146 e. The topological polar surface area (TPSA) is 43.8 Å². The number of nitrogens with zero attached hydrogens (tertiary/aromatic N) is 4. The molecule has 0 fully saturated rings. The summed E-state index contributed by atoms with van der Waals surface area (Å²) in [6, 6.07) is 56.3. The van der Waals surface area contributed by atoms with E-state index in [0.717, 1.165) is 77.4 Å². The fraction of sp³-hybridized carbons (Fsp3) is 0.0741. The number of hydrogen-bond donors (Lipinski definition) is 0. The SMILES string of the molecule is Cc1cccc(C)c1-c1ccc2c3ccc(Oc4ccc5c(c4)c4nc6ccccc6n4c4c(-c6c(C)cccc6C)cccc54)cc3c3nc4ccccc4n3c2c1. The minimum Gasteiger partial charge on any atom is -0.457 e. The molecule has 5 nitrogen and oxygen atoms in total. The third-order valence-corrected chi connectivity index (χ3v) is 12.4. The van der Waals surface area contributed by atoms with Crippen molar-refractivity contribution in [2.75, 3.05) is 0 Å². The van der Waals surface area contributed by atoms with Crippen LogP contribution in [0.5, 0.6) is 11.5 Å². The number of aromatic nitrogens is 4. The molecule has 0 unspecified atom stereocenters. The molecule has 8 aromatic carbocycles. The highest BCUT2D eigenvalue weighted by molar-refractivity contribution is 6.18. The van der Waals surface area contributed by atoms with Gasteiger partial charge in [-0.3, -0.25) is 8.80 Å². The number of rotatable bonds is 4. The first-order valence-corrected chi connectivity index (χ1v) is 20.2.